The largest absolute Gasteiger partial charge is 0.504 e. The zero-order valence-corrected chi connectivity index (χ0v) is 89.3. The van der Waals surface area contributed by atoms with Crippen LogP contribution in [0.1, 0.15) is 0 Å². The third-order valence-electron chi connectivity index (χ3n) is 12.0. The third kappa shape index (κ3) is 24.5. The summed E-state index contributed by atoms with van der Waals surface area (Å²) in [5, 5.41) is 60.5. The van der Waals surface area contributed by atoms with Gasteiger partial charge in [-0.3, -0.25) is 0 Å². The second-order valence-electron chi connectivity index (χ2n) is 18.7. The number of halogens is 25. The molecule has 0 aromatic heterocycles. The molecule has 10 aromatic rings. The van der Waals surface area contributed by atoms with E-state index in [9.17, 15) is 30.6 Å². The van der Waals surface area contributed by atoms with E-state index in [-0.39, 0.29) is 57.5 Å². The van der Waals surface area contributed by atoms with E-state index in [4.69, 9.17) is 37.9 Å². The number of hydrogen-bond donors (Lipinski definition) is 6. The average molecular weight is 3010 g/mol. The monoisotopic (exact) mass is 2980 g/mol. The lowest BCUT2D eigenvalue weighted by Gasteiger charge is -2.16. The van der Waals surface area contributed by atoms with Crippen LogP contribution in [0.25, 0.3) is 0 Å². The van der Waals surface area contributed by atoms with E-state index in [1.54, 1.807) is 82.0 Å². The number of rotatable bonds is 13. The van der Waals surface area contributed by atoms with Gasteiger partial charge in [-0.2, -0.15) is 0 Å². The smallest absolute Gasteiger partial charge is 0.185 e. The summed E-state index contributed by atoms with van der Waals surface area (Å²) in [6.07, 6.45) is 0. The Kier molecular flexibility index (Phi) is 38.4. The number of phenols is 6. The third-order valence-corrected chi connectivity index (χ3v) is 32.1. The Morgan fingerprint density at radius 2 is 0.500 bits per heavy atom. The summed E-state index contributed by atoms with van der Waals surface area (Å²) in [6, 6.07) is 27.8. The maximum Gasteiger partial charge on any atom is 0.185 e. The van der Waals surface area contributed by atoms with Crippen LogP contribution < -0.4 is 37.9 Å². The Morgan fingerprint density at radius 1 is 0.196 bits per heavy atom. The molecule has 0 bridgehead atoms. The minimum Gasteiger partial charge on any atom is -0.504 e. The van der Waals surface area contributed by atoms with Crippen LogP contribution in [-0.2, 0) is 0 Å². The van der Waals surface area contributed by atoms with Crippen molar-refractivity contribution in [1.29, 1.82) is 0 Å². The van der Waals surface area contributed by atoms with E-state index >= 15 is 0 Å². The lowest BCUT2D eigenvalue weighted by atomic mass is 10.3. The van der Waals surface area contributed by atoms with Crippen LogP contribution in [0.2, 0.25) is 0 Å². The molecule has 39 heteroatoms. The molecule has 10 rings (SSSR count). The maximum absolute atomic E-state index is 10.3. The minimum atomic E-state index is -0.0672. The van der Waals surface area contributed by atoms with Crippen molar-refractivity contribution >= 4 is 398 Å². The summed E-state index contributed by atoms with van der Waals surface area (Å²) in [7, 11) is 4.65. The van der Waals surface area contributed by atoms with Gasteiger partial charge >= 0.3 is 0 Å². The Hall–Kier alpha value is 1.40. The molecular formula is C63H31Br25O14. The van der Waals surface area contributed by atoms with Crippen LogP contribution in [0.15, 0.2) is 209 Å². The number of hydrogen-bond acceptors (Lipinski definition) is 14. The van der Waals surface area contributed by atoms with Crippen molar-refractivity contribution in [1.82, 2.24) is 0 Å². The predicted octanol–water partition coefficient (Wildman–Crippen LogP) is 34.7. The molecule has 0 amide bonds. The summed E-state index contributed by atoms with van der Waals surface area (Å²) in [4.78, 5) is 0. The van der Waals surface area contributed by atoms with Crippen LogP contribution in [0, 0.1) is 0 Å². The van der Waals surface area contributed by atoms with E-state index in [0.29, 0.717) is 110 Å². The lowest BCUT2D eigenvalue weighted by molar-refractivity contribution is 0.362. The van der Waals surface area contributed by atoms with Gasteiger partial charge in [0.05, 0.1) is 83.9 Å². The number of benzene rings is 10. The molecule has 0 unspecified atom stereocenters. The van der Waals surface area contributed by atoms with Gasteiger partial charge < -0.3 is 68.5 Å². The first-order valence-corrected chi connectivity index (χ1v) is 46.0. The van der Waals surface area contributed by atoms with E-state index in [1.807, 2.05) is 30.3 Å². The summed E-state index contributed by atoms with van der Waals surface area (Å²) in [5.41, 5.74) is 0. The van der Waals surface area contributed by atoms with Crippen molar-refractivity contribution in [3.05, 3.63) is 209 Å². The Morgan fingerprint density at radius 3 is 0.922 bits per heavy atom. The summed E-state index contributed by atoms with van der Waals surface area (Å²) in [6.45, 7) is 0. The Labute approximate surface area is 792 Å². The number of ether oxygens (including phenoxy) is 8. The van der Waals surface area contributed by atoms with Gasteiger partial charge in [-0.1, -0.05) is 95.6 Å². The zero-order chi connectivity index (χ0) is 76.4. The molecule has 0 spiro atoms. The Balaban J connectivity index is 0.000000201. The zero-order valence-electron chi connectivity index (χ0n) is 49.6. The second kappa shape index (κ2) is 42.5. The average Bonchev–Trinajstić information content (AvgIpc) is 0.798. The summed E-state index contributed by atoms with van der Waals surface area (Å²) < 4.78 is 62.1. The number of phenolic OH excluding ortho intramolecular Hbond substituents is 6. The topological polar surface area (TPSA) is 195 Å². The van der Waals surface area contributed by atoms with Gasteiger partial charge in [0.1, 0.15) is 5.75 Å². The molecule has 14 nitrogen and oxygen atoms in total. The van der Waals surface area contributed by atoms with Crippen molar-refractivity contribution in [3.8, 4) is 109 Å². The number of aromatic hydroxyl groups is 6. The predicted molar refractivity (Wildman–Crippen MR) is 487 cm³/mol. The molecule has 0 heterocycles. The quantitative estimate of drug-likeness (QED) is 0.0471. The van der Waals surface area contributed by atoms with Crippen LogP contribution in [0.3, 0.4) is 0 Å². The highest BCUT2D eigenvalue weighted by molar-refractivity contribution is 9.16. The first-order chi connectivity index (χ1) is 47.7. The van der Waals surface area contributed by atoms with Gasteiger partial charge in [0, 0.05) is 49.2 Å². The highest BCUT2D eigenvalue weighted by Gasteiger charge is 2.26. The van der Waals surface area contributed by atoms with E-state index in [0.717, 1.165) is 53.7 Å². The van der Waals surface area contributed by atoms with Gasteiger partial charge in [-0.25, -0.2) is 0 Å². The van der Waals surface area contributed by atoms with E-state index in [2.05, 4.69) is 398 Å². The number of methoxy groups -OCH3 is 3. The van der Waals surface area contributed by atoms with E-state index < -0.39 is 0 Å². The molecule has 0 radical (unpaired) electrons. The van der Waals surface area contributed by atoms with Crippen molar-refractivity contribution in [2.75, 3.05) is 21.3 Å². The normalized spacial score (nSPS) is 10.6. The molecule has 10 aromatic carbocycles. The van der Waals surface area contributed by atoms with E-state index in [1.165, 1.54) is 6.07 Å². The van der Waals surface area contributed by atoms with Gasteiger partial charge in [0.15, 0.2) is 103 Å². The van der Waals surface area contributed by atoms with Crippen LogP contribution in [-0.4, -0.2) is 52.0 Å². The molecule has 0 aliphatic rings. The molecule has 102 heavy (non-hydrogen) atoms. The van der Waals surface area contributed by atoms with Crippen molar-refractivity contribution in [3.63, 3.8) is 0 Å². The highest BCUT2D eigenvalue weighted by atomic mass is 79.9. The van der Waals surface area contributed by atoms with Crippen molar-refractivity contribution in [2.45, 2.75) is 0 Å². The van der Waals surface area contributed by atoms with Gasteiger partial charge in [0.2, 0.25) is 0 Å². The summed E-state index contributed by atoms with van der Waals surface area (Å²) in [5.74, 6) is 5.06. The first kappa shape index (κ1) is 92.3. The minimum absolute atomic E-state index is 0.0180. The second-order valence-corrected chi connectivity index (χ2v) is 39.9. The molecule has 0 saturated carbocycles. The molecular weight excluding hydrogens is 2980 g/mol. The molecule has 542 valence electrons. The van der Waals surface area contributed by atoms with Gasteiger partial charge in [0.25, 0.3) is 0 Å². The van der Waals surface area contributed by atoms with Gasteiger partial charge in [-0.05, 0) is 400 Å². The van der Waals surface area contributed by atoms with Crippen molar-refractivity contribution < 1.29 is 68.5 Å². The molecule has 0 saturated heterocycles. The fourth-order valence-corrected chi connectivity index (χ4v) is 21.7. The highest BCUT2D eigenvalue weighted by Crippen LogP contribution is 2.56. The summed E-state index contributed by atoms with van der Waals surface area (Å²) >= 11 is 84.0. The molecule has 0 fully saturated rings. The standard InChI is InChI=1S/C13H6Br6O3.C13H7Br5O3.C13H8Br4O3.C12H5Br5O3.C12H5Br5O2/c1-21-12-5(15)2-4(14)3-6(12)22-13-10(19)8(17)7(16)9(18)11(13)20;1-20-12-7(16)2-5(14)3-9(12)21-13-8(17)4-6(15)10(18)11(13)19;1-19-13-9(17)3-7(15)5-11(13)20-12-8(16)2-6(14)4-10(12)18;13-4-1-6(15)11(19)8(2-4)20-12-7(18)3-5(14)9(16)10(12)17;13-5-1-2-9(6(14)3-5)19-12-8(18)4-7(15)10(16)11(12)17/h2-3,20H,1H3;2-4,19H,1H3;2-5,18H,1H3;1-3,18-19H;1-4,18H. The fourth-order valence-electron chi connectivity index (χ4n) is 7.49. The fraction of sp³-hybridized carbons (Fsp3) is 0.0476. The van der Waals surface area contributed by atoms with Crippen LogP contribution >= 0.6 is 398 Å². The van der Waals surface area contributed by atoms with Crippen LogP contribution in [0.4, 0.5) is 0 Å². The lowest BCUT2D eigenvalue weighted by Crippen LogP contribution is -1.94. The molecule has 0 aliphatic carbocycles. The maximum atomic E-state index is 10.3. The molecule has 0 aliphatic heterocycles. The van der Waals surface area contributed by atoms with Crippen LogP contribution in [0.5, 0.6) is 109 Å². The Bertz CT molecular complexity index is 4770. The molecule has 0 atom stereocenters. The van der Waals surface area contributed by atoms with Crippen molar-refractivity contribution in [2.24, 2.45) is 0 Å². The van der Waals surface area contributed by atoms with Gasteiger partial charge in [-0.15, -0.1) is 0 Å². The SMILES string of the molecule is COc1c(Br)cc(Br)cc1Oc1c(Br)cc(Br)c(Br)c1O.COc1c(Br)cc(Br)cc1Oc1c(O)c(Br)c(Br)c(Br)c1Br.COc1c(Br)cc(Br)cc1Oc1c(O)cc(Br)cc1Br.Oc1cc(Br)c(Br)c(Br)c1Oc1cc(Br)cc(Br)c1O.Oc1cc(Br)c(Br)c(Br)c1Oc1ccc(Br)cc1Br. The molecule has 6 N–H and O–H groups in total. The first-order valence-electron chi connectivity index (χ1n) is 26.2.